The lowest BCUT2D eigenvalue weighted by atomic mass is 10.3. The Balaban J connectivity index is 2.45. The summed E-state index contributed by atoms with van der Waals surface area (Å²) in [6, 6.07) is 2.43. The van der Waals surface area contributed by atoms with Gasteiger partial charge in [0.2, 0.25) is 0 Å². The Hall–Kier alpha value is -2.03. The molecule has 0 atom stereocenters. The number of rotatable bonds is 3. The van der Waals surface area contributed by atoms with E-state index in [2.05, 4.69) is 10.2 Å². The molecule has 0 unspecified atom stereocenters. The van der Waals surface area contributed by atoms with E-state index >= 15 is 0 Å². The van der Waals surface area contributed by atoms with Crippen molar-refractivity contribution in [1.29, 1.82) is 0 Å². The Labute approximate surface area is 99.7 Å². The molecule has 18 heavy (non-hydrogen) atoms. The Morgan fingerprint density at radius 1 is 1.11 bits per heavy atom. The summed E-state index contributed by atoms with van der Waals surface area (Å²) >= 11 is 0. The zero-order chi connectivity index (χ0) is 13.3. The number of nitrogens with zero attached hydrogens (tertiary/aromatic N) is 1. The van der Waals surface area contributed by atoms with Crippen LogP contribution in [0.3, 0.4) is 0 Å². The molecule has 0 saturated heterocycles. The monoisotopic (exact) mass is 277 g/mol. The maximum absolute atomic E-state index is 13.3. The molecule has 2 rings (SSSR count). The molecule has 1 heterocycles. The molecule has 0 aliphatic rings. The van der Waals surface area contributed by atoms with Crippen LogP contribution >= 0.6 is 0 Å². The number of anilines is 1. The molecule has 0 fully saturated rings. The molecule has 9 heteroatoms. The van der Waals surface area contributed by atoms with Crippen LogP contribution in [0.25, 0.3) is 0 Å². The van der Waals surface area contributed by atoms with Crippen LogP contribution in [0.1, 0.15) is 0 Å². The molecule has 2 N–H and O–H groups in total. The number of hydrogen-bond acceptors (Lipinski definition) is 3. The fourth-order valence-corrected chi connectivity index (χ4v) is 2.31. The second-order valence-corrected chi connectivity index (χ2v) is 4.90. The van der Waals surface area contributed by atoms with Crippen LogP contribution in [0.5, 0.6) is 0 Å². The topological polar surface area (TPSA) is 74.8 Å². The SMILES string of the molecule is O=S(=O)(Nc1ccn[nH]1)c1ccc(F)c(F)c1F. The number of sulfonamides is 1. The predicted molar refractivity (Wildman–Crippen MR) is 55.7 cm³/mol. The van der Waals surface area contributed by atoms with E-state index in [1.54, 1.807) is 0 Å². The van der Waals surface area contributed by atoms with Crippen LogP contribution < -0.4 is 4.72 Å². The summed E-state index contributed by atoms with van der Waals surface area (Å²) in [7, 11) is -4.36. The number of aromatic nitrogens is 2. The van der Waals surface area contributed by atoms with E-state index in [1.165, 1.54) is 12.3 Å². The lowest BCUT2D eigenvalue weighted by Crippen LogP contribution is -2.16. The van der Waals surface area contributed by atoms with Gasteiger partial charge in [-0.05, 0) is 12.1 Å². The van der Waals surface area contributed by atoms with Gasteiger partial charge in [0, 0.05) is 6.07 Å². The molecule has 0 radical (unpaired) electrons. The smallest absolute Gasteiger partial charge is 0.264 e. The molecule has 0 saturated carbocycles. The molecule has 1 aromatic heterocycles. The Morgan fingerprint density at radius 2 is 1.83 bits per heavy atom. The molecule has 2 aromatic rings. The van der Waals surface area contributed by atoms with Gasteiger partial charge in [-0.3, -0.25) is 9.82 Å². The van der Waals surface area contributed by atoms with Crippen LogP contribution in [0.15, 0.2) is 29.3 Å². The van der Waals surface area contributed by atoms with Crippen molar-refractivity contribution in [3.05, 3.63) is 41.8 Å². The van der Waals surface area contributed by atoms with Gasteiger partial charge < -0.3 is 0 Å². The van der Waals surface area contributed by atoms with Crippen LogP contribution in [0.4, 0.5) is 19.0 Å². The average Bonchev–Trinajstić information content (AvgIpc) is 2.77. The van der Waals surface area contributed by atoms with Gasteiger partial charge in [-0.1, -0.05) is 0 Å². The van der Waals surface area contributed by atoms with Crippen LogP contribution in [-0.4, -0.2) is 18.6 Å². The van der Waals surface area contributed by atoms with E-state index < -0.39 is 32.4 Å². The van der Waals surface area contributed by atoms with Gasteiger partial charge in [0.15, 0.2) is 17.5 Å². The molecule has 96 valence electrons. The summed E-state index contributed by atoms with van der Waals surface area (Å²) in [4.78, 5) is -0.990. The normalized spacial score (nSPS) is 11.5. The van der Waals surface area contributed by atoms with E-state index in [0.29, 0.717) is 12.1 Å². The first kappa shape index (κ1) is 12.4. The minimum Gasteiger partial charge on any atom is -0.264 e. The first-order chi connectivity index (χ1) is 8.42. The third kappa shape index (κ3) is 2.16. The largest absolute Gasteiger partial charge is 0.266 e. The summed E-state index contributed by atoms with van der Waals surface area (Å²) in [5, 5.41) is 5.75. The molecule has 1 aromatic carbocycles. The Bertz CT molecular complexity index is 671. The predicted octanol–water partition coefficient (Wildman–Crippen LogP) is 1.63. The molecular weight excluding hydrogens is 271 g/mol. The van der Waals surface area contributed by atoms with E-state index in [4.69, 9.17) is 0 Å². The highest BCUT2D eigenvalue weighted by Crippen LogP contribution is 2.21. The lowest BCUT2D eigenvalue weighted by Gasteiger charge is -2.07. The quantitative estimate of drug-likeness (QED) is 0.837. The van der Waals surface area contributed by atoms with Crippen molar-refractivity contribution < 1.29 is 21.6 Å². The zero-order valence-electron chi connectivity index (χ0n) is 8.62. The molecule has 5 nitrogen and oxygen atoms in total. The van der Waals surface area contributed by atoms with Crippen molar-refractivity contribution in [1.82, 2.24) is 10.2 Å². The Morgan fingerprint density at radius 3 is 2.44 bits per heavy atom. The van der Waals surface area contributed by atoms with Crippen molar-refractivity contribution in [3.63, 3.8) is 0 Å². The maximum Gasteiger partial charge on any atom is 0.266 e. The lowest BCUT2D eigenvalue weighted by molar-refractivity contribution is 0.432. The third-order valence-electron chi connectivity index (χ3n) is 2.03. The van der Waals surface area contributed by atoms with Gasteiger partial charge in [-0.25, -0.2) is 21.6 Å². The summed E-state index contributed by atoms with van der Waals surface area (Å²) in [6.45, 7) is 0. The minimum atomic E-state index is -4.36. The van der Waals surface area contributed by atoms with Crippen molar-refractivity contribution >= 4 is 15.8 Å². The van der Waals surface area contributed by atoms with Gasteiger partial charge in [0.1, 0.15) is 10.7 Å². The van der Waals surface area contributed by atoms with E-state index in [9.17, 15) is 21.6 Å². The highest BCUT2D eigenvalue weighted by atomic mass is 32.2. The standard InChI is InChI=1S/C9H6F3N3O2S/c10-5-1-2-6(9(12)8(5)11)18(16,17)15-7-3-4-13-14-7/h1-4H,(H2,13,14,15). The highest BCUT2D eigenvalue weighted by Gasteiger charge is 2.24. The molecular formula is C9H6F3N3O2S. The minimum absolute atomic E-state index is 0.0286. The summed E-state index contributed by atoms with van der Waals surface area (Å²) in [5.74, 6) is -5.11. The van der Waals surface area contributed by atoms with Crippen molar-refractivity contribution in [2.24, 2.45) is 0 Å². The van der Waals surface area contributed by atoms with Crippen molar-refractivity contribution in [2.45, 2.75) is 4.90 Å². The second-order valence-electron chi connectivity index (χ2n) is 3.25. The number of halogens is 3. The first-order valence-electron chi connectivity index (χ1n) is 4.57. The van der Waals surface area contributed by atoms with Crippen molar-refractivity contribution in [3.8, 4) is 0 Å². The average molecular weight is 277 g/mol. The van der Waals surface area contributed by atoms with Gasteiger partial charge in [-0.2, -0.15) is 5.10 Å². The third-order valence-corrected chi connectivity index (χ3v) is 3.42. The molecule has 0 amide bonds. The van der Waals surface area contributed by atoms with E-state index in [-0.39, 0.29) is 5.82 Å². The number of hydrogen-bond donors (Lipinski definition) is 2. The highest BCUT2D eigenvalue weighted by molar-refractivity contribution is 7.92. The molecule has 0 aliphatic heterocycles. The Kier molecular flexibility index (Phi) is 2.99. The van der Waals surface area contributed by atoms with E-state index in [0.717, 1.165) is 0 Å². The molecule has 0 bridgehead atoms. The fourth-order valence-electron chi connectivity index (χ4n) is 1.23. The van der Waals surface area contributed by atoms with Crippen LogP contribution in [0, 0.1) is 17.5 Å². The first-order valence-corrected chi connectivity index (χ1v) is 6.06. The van der Waals surface area contributed by atoms with Crippen molar-refractivity contribution in [2.75, 3.05) is 4.72 Å². The van der Waals surface area contributed by atoms with E-state index in [1.807, 2.05) is 4.72 Å². The fraction of sp³-hybridized carbons (Fsp3) is 0. The number of benzene rings is 1. The van der Waals surface area contributed by atoms with Gasteiger partial charge in [-0.15, -0.1) is 0 Å². The number of nitrogens with one attached hydrogen (secondary N) is 2. The zero-order valence-corrected chi connectivity index (χ0v) is 9.43. The molecule has 0 aliphatic carbocycles. The summed E-state index contributed by atoms with van der Waals surface area (Å²) < 4.78 is 64.3. The van der Waals surface area contributed by atoms with Crippen LogP contribution in [0.2, 0.25) is 0 Å². The van der Waals surface area contributed by atoms with Gasteiger partial charge >= 0.3 is 0 Å². The van der Waals surface area contributed by atoms with Gasteiger partial charge in [0.25, 0.3) is 10.0 Å². The number of H-pyrrole nitrogens is 1. The molecule has 0 spiro atoms. The maximum atomic E-state index is 13.3. The second kappa shape index (κ2) is 4.33. The van der Waals surface area contributed by atoms with Gasteiger partial charge in [0.05, 0.1) is 6.20 Å². The van der Waals surface area contributed by atoms with Crippen LogP contribution in [-0.2, 0) is 10.0 Å². The summed E-state index contributed by atoms with van der Waals surface area (Å²) in [6.07, 6.45) is 1.26. The number of aromatic amines is 1. The summed E-state index contributed by atoms with van der Waals surface area (Å²) in [5.41, 5.74) is 0.